The third-order valence-corrected chi connectivity index (χ3v) is 2.64. The number of pyridine rings is 1. The van der Waals surface area contributed by atoms with Crippen molar-refractivity contribution < 1.29 is 4.79 Å². The summed E-state index contributed by atoms with van der Waals surface area (Å²) in [4.78, 5) is 15.6. The molecule has 1 aliphatic rings. The van der Waals surface area contributed by atoms with E-state index >= 15 is 0 Å². The number of hydrogen-bond donors (Lipinski definition) is 0. The maximum absolute atomic E-state index is 11.4. The van der Waals surface area contributed by atoms with Gasteiger partial charge in [-0.25, -0.2) is 0 Å². The Balaban J connectivity index is 2.29. The number of carbonyl (C=O) groups is 1. The molecule has 1 heterocycles. The van der Waals surface area contributed by atoms with E-state index in [9.17, 15) is 4.79 Å². The molecule has 1 aromatic rings. The molecule has 0 aromatic carbocycles. The number of Topliss-reactive ketones (excluding diaryl/α,β-unsaturated/α-hetero) is 1. The maximum Gasteiger partial charge on any atom is 0.141 e. The number of aromatic nitrogens is 1. The van der Waals surface area contributed by atoms with Gasteiger partial charge in [-0.2, -0.15) is 0 Å². The van der Waals surface area contributed by atoms with Crippen molar-refractivity contribution in [3.63, 3.8) is 0 Å². The van der Waals surface area contributed by atoms with Crippen molar-refractivity contribution in [2.75, 3.05) is 0 Å². The van der Waals surface area contributed by atoms with Gasteiger partial charge in [0.15, 0.2) is 0 Å². The van der Waals surface area contributed by atoms with Crippen LogP contribution in [-0.4, -0.2) is 10.8 Å². The zero-order valence-electron chi connectivity index (χ0n) is 7.16. The van der Waals surface area contributed by atoms with Crippen molar-refractivity contribution in [3.05, 3.63) is 29.0 Å². The second-order valence-electron chi connectivity index (χ2n) is 3.31. The summed E-state index contributed by atoms with van der Waals surface area (Å²) in [5, 5.41) is 0.657. The minimum atomic E-state index is -0.00120. The normalized spacial score (nSPS) is 22.2. The van der Waals surface area contributed by atoms with Crippen molar-refractivity contribution in [1.29, 1.82) is 0 Å². The predicted molar refractivity (Wildman–Crippen MR) is 50.8 cm³/mol. The van der Waals surface area contributed by atoms with Gasteiger partial charge in [0, 0.05) is 17.6 Å². The molecule has 68 valence electrons. The summed E-state index contributed by atoms with van der Waals surface area (Å²) < 4.78 is 0. The summed E-state index contributed by atoms with van der Waals surface area (Å²) in [6.45, 7) is 0. The summed E-state index contributed by atoms with van der Waals surface area (Å²) in [6, 6.07) is 3.51. The molecule has 1 unspecified atom stereocenters. The van der Waals surface area contributed by atoms with Crippen LogP contribution in [0.5, 0.6) is 0 Å². The highest BCUT2D eigenvalue weighted by Crippen LogP contribution is 2.30. The van der Waals surface area contributed by atoms with Crippen LogP contribution in [0.25, 0.3) is 0 Å². The van der Waals surface area contributed by atoms with Gasteiger partial charge in [0.25, 0.3) is 0 Å². The fraction of sp³-hybridized carbons (Fsp3) is 0.400. The van der Waals surface area contributed by atoms with Crippen LogP contribution in [0.1, 0.15) is 30.9 Å². The lowest BCUT2D eigenvalue weighted by Gasteiger charge is -2.06. The van der Waals surface area contributed by atoms with Gasteiger partial charge in [0.2, 0.25) is 0 Å². The lowest BCUT2D eigenvalue weighted by atomic mass is 10.0. The largest absolute Gasteiger partial charge is 0.299 e. The molecule has 2 rings (SSSR count). The smallest absolute Gasteiger partial charge is 0.141 e. The van der Waals surface area contributed by atoms with Gasteiger partial charge in [-0.3, -0.25) is 9.78 Å². The fourth-order valence-corrected chi connectivity index (χ4v) is 1.91. The van der Waals surface area contributed by atoms with E-state index in [1.807, 2.05) is 0 Å². The standard InChI is InChI=1S/C10H10ClNO/c11-7-4-5-12-9(6-7)8-2-1-3-10(8)13/h4-6,8H,1-3H2. The van der Waals surface area contributed by atoms with Gasteiger partial charge in [0.05, 0.1) is 11.6 Å². The molecule has 1 fully saturated rings. The van der Waals surface area contributed by atoms with E-state index in [4.69, 9.17) is 11.6 Å². The maximum atomic E-state index is 11.4. The highest BCUT2D eigenvalue weighted by atomic mass is 35.5. The third-order valence-electron chi connectivity index (χ3n) is 2.40. The lowest BCUT2D eigenvalue weighted by molar-refractivity contribution is -0.118. The number of nitrogens with zero attached hydrogens (tertiary/aromatic N) is 1. The van der Waals surface area contributed by atoms with E-state index in [0.717, 1.165) is 18.5 Å². The van der Waals surface area contributed by atoms with Gasteiger partial charge in [0.1, 0.15) is 5.78 Å². The Kier molecular flexibility index (Phi) is 2.32. The SMILES string of the molecule is O=C1CCCC1c1cc(Cl)ccn1. The number of hydrogen-bond acceptors (Lipinski definition) is 2. The molecule has 0 N–H and O–H groups in total. The first-order valence-corrected chi connectivity index (χ1v) is 4.79. The lowest BCUT2D eigenvalue weighted by Crippen LogP contribution is -2.05. The second-order valence-corrected chi connectivity index (χ2v) is 3.75. The molecule has 2 nitrogen and oxygen atoms in total. The molecule has 0 radical (unpaired) electrons. The highest BCUT2D eigenvalue weighted by molar-refractivity contribution is 6.30. The van der Waals surface area contributed by atoms with Crippen LogP contribution >= 0.6 is 11.6 Å². The Bertz CT molecular complexity index is 337. The summed E-state index contributed by atoms with van der Waals surface area (Å²) in [7, 11) is 0. The van der Waals surface area contributed by atoms with E-state index in [2.05, 4.69) is 4.98 Å². The summed E-state index contributed by atoms with van der Waals surface area (Å²) in [5.41, 5.74) is 0.829. The summed E-state index contributed by atoms with van der Waals surface area (Å²) in [6.07, 6.45) is 4.26. The topological polar surface area (TPSA) is 30.0 Å². The monoisotopic (exact) mass is 195 g/mol. The molecule has 1 aliphatic carbocycles. The van der Waals surface area contributed by atoms with E-state index in [1.165, 1.54) is 0 Å². The Morgan fingerprint density at radius 3 is 3.00 bits per heavy atom. The summed E-state index contributed by atoms with van der Waals surface area (Å²) in [5.74, 6) is 0.300. The predicted octanol–water partition coefficient (Wildman–Crippen LogP) is 2.57. The molecule has 0 saturated heterocycles. The van der Waals surface area contributed by atoms with Crippen LogP contribution in [0.4, 0.5) is 0 Å². The molecule has 1 atom stereocenters. The number of carbonyl (C=O) groups excluding carboxylic acids is 1. The van der Waals surface area contributed by atoms with Crippen LogP contribution in [-0.2, 0) is 4.79 Å². The van der Waals surface area contributed by atoms with E-state index in [-0.39, 0.29) is 5.92 Å². The second kappa shape index (κ2) is 3.46. The number of halogens is 1. The fourth-order valence-electron chi connectivity index (χ4n) is 1.74. The zero-order valence-corrected chi connectivity index (χ0v) is 7.92. The van der Waals surface area contributed by atoms with Crippen molar-refractivity contribution in [1.82, 2.24) is 4.98 Å². The molecule has 0 spiro atoms. The van der Waals surface area contributed by atoms with Crippen LogP contribution in [0.3, 0.4) is 0 Å². The molecular formula is C10H10ClNO. The molecule has 1 aromatic heterocycles. The van der Waals surface area contributed by atoms with Crippen LogP contribution < -0.4 is 0 Å². The van der Waals surface area contributed by atoms with Crippen molar-refractivity contribution >= 4 is 17.4 Å². The zero-order chi connectivity index (χ0) is 9.26. The molecule has 0 bridgehead atoms. The molecular weight excluding hydrogens is 186 g/mol. The van der Waals surface area contributed by atoms with Crippen LogP contribution in [0.2, 0.25) is 5.02 Å². The van der Waals surface area contributed by atoms with Gasteiger partial charge in [-0.05, 0) is 25.0 Å². The number of ketones is 1. The van der Waals surface area contributed by atoms with Crippen LogP contribution in [0, 0.1) is 0 Å². The Labute approximate surface area is 81.9 Å². The molecule has 0 aliphatic heterocycles. The molecule has 1 saturated carbocycles. The first-order valence-electron chi connectivity index (χ1n) is 4.41. The average Bonchev–Trinajstić information content (AvgIpc) is 2.51. The first kappa shape index (κ1) is 8.70. The van der Waals surface area contributed by atoms with Gasteiger partial charge in [-0.15, -0.1) is 0 Å². The number of rotatable bonds is 1. The Hall–Kier alpha value is -0.890. The summed E-state index contributed by atoms with van der Waals surface area (Å²) >= 11 is 5.82. The average molecular weight is 196 g/mol. The Morgan fingerprint density at radius 1 is 1.54 bits per heavy atom. The van der Waals surface area contributed by atoms with E-state index in [1.54, 1.807) is 18.3 Å². The molecule has 0 amide bonds. The van der Waals surface area contributed by atoms with Crippen molar-refractivity contribution in [3.8, 4) is 0 Å². The van der Waals surface area contributed by atoms with Crippen molar-refractivity contribution in [2.24, 2.45) is 0 Å². The first-order chi connectivity index (χ1) is 6.27. The van der Waals surface area contributed by atoms with Gasteiger partial charge < -0.3 is 0 Å². The van der Waals surface area contributed by atoms with Gasteiger partial charge in [-0.1, -0.05) is 11.6 Å². The molecule has 13 heavy (non-hydrogen) atoms. The quantitative estimate of drug-likeness (QED) is 0.690. The van der Waals surface area contributed by atoms with E-state index < -0.39 is 0 Å². The Morgan fingerprint density at radius 2 is 2.38 bits per heavy atom. The van der Waals surface area contributed by atoms with Crippen LogP contribution in [0.15, 0.2) is 18.3 Å². The molecule has 3 heteroatoms. The highest BCUT2D eigenvalue weighted by Gasteiger charge is 2.26. The third kappa shape index (κ3) is 1.73. The van der Waals surface area contributed by atoms with E-state index in [0.29, 0.717) is 17.2 Å². The minimum absolute atomic E-state index is 0.00120. The minimum Gasteiger partial charge on any atom is -0.299 e. The van der Waals surface area contributed by atoms with Crippen molar-refractivity contribution in [2.45, 2.75) is 25.2 Å². The van der Waals surface area contributed by atoms with Gasteiger partial charge >= 0.3 is 0 Å².